The smallest absolute Gasteiger partial charge is 0.129 e. The highest BCUT2D eigenvalue weighted by Gasteiger charge is 2.37. The van der Waals surface area contributed by atoms with Crippen LogP contribution in [-0.2, 0) is 17.6 Å². The maximum absolute atomic E-state index is 5.31. The summed E-state index contributed by atoms with van der Waals surface area (Å²) in [5.41, 5.74) is 2.61. The van der Waals surface area contributed by atoms with E-state index in [-0.39, 0.29) is 5.54 Å². The highest BCUT2D eigenvalue weighted by atomic mass is 16.5. The molecule has 0 radical (unpaired) electrons. The monoisotopic (exact) mass is 233 g/mol. The molecule has 92 valence electrons. The van der Waals surface area contributed by atoms with Crippen LogP contribution in [0.5, 0.6) is 0 Å². The first-order valence-electron chi connectivity index (χ1n) is 6.31. The van der Waals surface area contributed by atoms with E-state index in [9.17, 15) is 0 Å². The molecule has 3 rings (SSSR count). The quantitative estimate of drug-likeness (QED) is 0.816. The molecule has 0 aliphatic carbocycles. The zero-order valence-corrected chi connectivity index (χ0v) is 10.3. The van der Waals surface area contributed by atoms with Crippen LogP contribution in [0.3, 0.4) is 0 Å². The number of nitrogens with zero attached hydrogens (tertiary/aromatic N) is 1. The second-order valence-electron chi connectivity index (χ2n) is 5.04. The molecule has 0 atom stereocenters. The Hall–Kier alpha value is -1.13. The summed E-state index contributed by atoms with van der Waals surface area (Å²) in [5.74, 6) is 1.08. The van der Waals surface area contributed by atoms with Gasteiger partial charge in [-0.2, -0.15) is 0 Å². The molecule has 4 heteroatoms. The van der Waals surface area contributed by atoms with Crippen LogP contribution in [0.4, 0.5) is 5.82 Å². The standard InChI is InChI=1S/C13H19N3O/c1-14-13(8-17-9-13)7-11-5-4-10-3-2-6-15-12(10)16-11/h4-5,14H,2-3,6-9H2,1H3,(H,15,16). The largest absolute Gasteiger partial charge is 0.377 e. The molecule has 2 aliphatic heterocycles. The van der Waals surface area contributed by atoms with E-state index in [0.29, 0.717) is 0 Å². The van der Waals surface area contributed by atoms with Crippen molar-refractivity contribution in [3.63, 3.8) is 0 Å². The van der Waals surface area contributed by atoms with Gasteiger partial charge in [0.25, 0.3) is 0 Å². The lowest BCUT2D eigenvalue weighted by molar-refractivity contribution is -0.0706. The zero-order chi connectivity index (χ0) is 11.7. The molecular weight excluding hydrogens is 214 g/mol. The molecule has 1 fully saturated rings. The number of aryl methyl sites for hydroxylation is 1. The van der Waals surface area contributed by atoms with Crippen molar-refractivity contribution in [1.29, 1.82) is 0 Å². The number of anilines is 1. The minimum atomic E-state index is 0.107. The van der Waals surface area contributed by atoms with E-state index in [1.807, 2.05) is 7.05 Å². The van der Waals surface area contributed by atoms with Crippen molar-refractivity contribution >= 4 is 5.82 Å². The van der Waals surface area contributed by atoms with Crippen LogP contribution in [0, 0.1) is 0 Å². The summed E-state index contributed by atoms with van der Waals surface area (Å²) in [7, 11) is 2.00. The summed E-state index contributed by atoms with van der Waals surface area (Å²) in [6.07, 6.45) is 3.30. The maximum Gasteiger partial charge on any atom is 0.129 e. The molecule has 17 heavy (non-hydrogen) atoms. The van der Waals surface area contributed by atoms with Gasteiger partial charge in [-0.25, -0.2) is 4.98 Å². The van der Waals surface area contributed by atoms with E-state index >= 15 is 0 Å². The van der Waals surface area contributed by atoms with Gasteiger partial charge in [-0.05, 0) is 31.5 Å². The highest BCUT2D eigenvalue weighted by Crippen LogP contribution is 2.24. The number of pyridine rings is 1. The number of rotatable bonds is 3. The first-order chi connectivity index (χ1) is 8.31. The summed E-state index contributed by atoms with van der Waals surface area (Å²) in [6.45, 7) is 2.62. The second kappa shape index (κ2) is 4.27. The van der Waals surface area contributed by atoms with Crippen molar-refractivity contribution in [2.75, 3.05) is 32.1 Å². The Morgan fingerprint density at radius 2 is 2.35 bits per heavy atom. The molecular formula is C13H19N3O. The Bertz CT molecular complexity index is 410. The second-order valence-corrected chi connectivity index (χ2v) is 5.04. The fourth-order valence-electron chi connectivity index (χ4n) is 2.50. The summed E-state index contributed by atoms with van der Waals surface area (Å²) in [5, 5.41) is 6.74. The first-order valence-corrected chi connectivity index (χ1v) is 6.31. The number of hydrogen-bond donors (Lipinski definition) is 2. The predicted octanol–water partition coefficient (Wildman–Crippen LogP) is 0.971. The zero-order valence-electron chi connectivity index (χ0n) is 10.3. The summed E-state index contributed by atoms with van der Waals surface area (Å²) in [4.78, 5) is 4.72. The Kier molecular flexibility index (Phi) is 2.76. The van der Waals surface area contributed by atoms with Crippen LogP contribution >= 0.6 is 0 Å². The van der Waals surface area contributed by atoms with Gasteiger partial charge >= 0.3 is 0 Å². The van der Waals surface area contributed by atoms with Crippen LogP contribution in [-0.4, -0.2) is 37.3 Å². The van der Waals surface area contributed by atoms with Gasteiger partial charge in [-0.1, -0.05) is 6.07 Å². The van der Waals surface area contributed by atoms with Crippen LogP contribution in [0.2, 0.25) is 0 Å². The number of likely N-dealkylation sites (N-methyl/N-ethyl adjacent to an activating group) is 1. The molecule has 4 nitrogen and oxygen atoms in total. The topological polar surface area (TPSA) is 46.2 Å². The lowest BCUT2D eigenvalue weighted by Crippen LogP contribution is -2.60. The lowest BCUT2D eigenvalue weighted by Gasteiger charge is -2.41. The van der Waals surface area contributed by atoms with Gasteiger partial charge in [-0.15, -0.1) is 0 Å². The minimum Gasteiger partial charge on any atom is -0.377 e. The van der Waals surface area contributed by atoms with Gasteiger partial charge in [0.2, 0.25) is 0 Å². The van der Waals surface area contributed by atoms with Gasteiger partial charge in [0.15, 0.2) is 0 Å². The molecule has 1 saturated heterocycles. The molecule has 1 aromatic rings. The molecule has 2 aliphatic rings. The van der Waals surface area contributed by atoms with Gasteiger partial charge in [-0.3, -0.25) is 0 Å². The minimum absolute atomic E-state index is 0.107. The van der Waals surface area contributed by atoms with E-state index in [1.54, 1.807) is 0 Å². The van der Waals surface area contributed by atoms with Crippen LogP contribution in [0.1, 0.15) is 17.7 Å². The molecule has 1 aromatic heterocycles. The maximum atomic E-state index is 5.31. The van der Waals surface area contributed by atoms with Crippen molar-refractivity contribution in [2.24, 2.45) is 0 Å². The van der Waals surface area contributed by atoms with Crippen LogP contribution in [0.25, 0.3) is 0 Å². The third kappa shape index (κ3) is 2.03. The van der Waals surface area contributed by atoms with Gasteiger partial charge < -0.3 is 15.4 Å². The molecule has 0 bridgehead atoms. The Labute approximate surface area is 102 Å². The Balaban J connectivity index is 1.79. The first kappa shape index (κ1) is 11.0. The summed E-state index contributed by atoms with van der Waals surface area (Å²) < 4.78 is 5.31. The Morgan fingerprint density at radius 3 is 3.06 bits per heavy atom. The normalized spacial score (nSPS) is 21.2. The SMILES string of the molecule is CNC1(Cc2ccc3c(n2)NCCC3)COC1. The Morgan fingerprint density at radius 1 is 1.47 bits per heavy atom. The predicted molar refractivity (Wildman–Crippen MR) is 67.4 cm³/mol. The molecule has 0 amide bonds. The number of aromatic nitrogens is 1. The third-order valence-electron chi connectivity index (χ3n) is 3.76. The van der Waals surface area contributed by atoms with Gasteiger partial charge in [0.05, 0.1) is 18.8 Å². The molecule has 0 saturated carbocycles. The average Bonchev–Trinajstić information content (AvgIpc) is 2.34. The molecule has 2 N–H and O–H groups in total. The number of nitrogens with one attached hydrogen (secondary N) is 2. The van der Waals surface area contributed by atoms with Crippen molar-refractivity contribution in [3.05, 3.63) is 23.4 Å². The number of ether oxygens (including phenoxy) is 1. The number of hydrogen-bond acceptors (Lipinski definition) is 4. The molecule has 0 spiro atoms. The molecule has 3 heterocycles. The molecule has 0 unspecified atom stereocenters. The van der Waals surface area contributed by atoms with E-state index in [4.69, 9.17) is 9.72 Å². The molecule has 0 aromatic carbocycles. The van der Waals surface area contributed by atoms with E-state index in [0.717, 1.165) is 44.1 Å². The van der Waals surface area contributed by atoms with Crippen LogP contribution in [0.15, 0.2) is 12.1 Å². The van der Waals surface area contributed by atoms with Crippen molar-refractivity contribution in [1.82, 2.24) is 10.3 Å². The summed E-state index contributed by atoms with van der Waals surface area (Å²) >= 11 is 0. The van der Waals surface area contributed by atoms with E-state index < -0.39 is 0 Å². The summed E-state index contributed by atoms with van der Waals surface area (Å²) in [6, 6.07) is 4.37. The van der Waals surface area contributed by atoms with Crippen molar-refractivity contribution in [2.45, 2.75) is 24.8 Å². The van der Waals surface area contributed by atoms with Gasteiger partial charge in [0, 0.05) is 18.7 Å². The lowest BCUT2D eigenvalue weighted by atomic mass is 9.91. The highest BCUT2D eigenvalue weighted by molar-refractivity contribution is 5.47. The number of fused-ring (bicyclic) bond motifs is 1. The van der Waals surface area contributed by atoms with E-state index in [2.05, 4.69) is 22.8 Å². The van der Waals surface area contributed by atoms with Crippen molar-refractivity contribution < 1.29 is 4.74 Å². The fraction of sp³-hybridized carbons (Fsp3) is 0.615. The van der Waals surface area contributed by atoms with Crippen molar-refractivity contribution in [3.8, 4) is 0 Å². The average molecular weight is 233 g/mol. The third-order valence-corrected chi connectivity index (χ3v) is 3.76. The van der Waals surface area contributed by atoms with Gasteiger partial charge in [0.1, 0.15) is 5.82 Å². The fourth-order valence-corrected chi connectivity index (χ4v) is 2.50. The van der Waals surface area contributed by atoms with Crippen LogP contribution < -0.4 is 10.6 Å². The van der Waals surface area contributed by atoms with E-state index in [1.165, 1.54) is 12.0 Å².